The molecule has 0 bridgehead atoms. The fourth-order valence-corrected chi connectivity index (χ4v) is 5.10. The molecular weight excluding hydrogens is 324 g/mol. The normalized spacial score (nSPS) is 25.8. The highest BCUT2D eigenvalue weighted by Crippen LogP contribution is 2.38. The largest absolute Gasteiger partial charge is 0.489 e. The van der Waals surface area contributed by atoms with Crippen molar-refractivity contribution in [2.24, 2.45) is 0 Å². The van der Waals surface area contributed by atoms with Crippen molar-refractivity contribution in [2.45, 2.75) is 43.2 Å². The van der Waals surface area contributed by atoms with Crippen molar-refractivity contribution in [1.82, 2.24) is 9.62 Å². The molecule has 2 atom stereocenters. The van der Waals surface area contributed by atoms with E-state index < -0.39 is 10.0 Å². The van der Waals surface area contributed by atoms with Crippen LogP contribution in [0, 0.1) is 0 Å². The van der Waals surface area contributed by atoms with E-state index in [9.17, 15) is 8.42 Å². The van der Waals surface area contributed by atoms with E-state index in [4.69, 9.17) is 16.3 Å². The molecule has 122 valence electrons. The molecule has 1 aromatic rings. The van der Waals surface area contributed by atoms with Gasteiger partial charge in [-0.3, -0.25) is 0 Å². The summed E-state index contributed by atoms with van der Waals surface area (Å²) in [5, 5.41) is 3.54. The van der Waals surface area contributed by atoms with Gasteiger partial charge in [0.2, 0.25) is 10.0 Å². The topological polar surface area (TPSA) is 58.6 Å². The van der Waals surface area contributed by atoms with Crippen LogP contribution in [0.25, 0.3) is 0 Å². The van der Waals surface area contributed by atoms with E-state index in [2.05, 4.69) is 5.32 Å². The molecule has 1 aromatic carbocycles. The number of ether oxygens (including phenoxy) is 1. The highest BCUT2D eigenvalue weighted by Gasteiger charge is 2.32. The summed E-state index contributed by atoms with van der Waals surface area (Å²) in [6.45, 7) is 3.01. The van der Waals surface area contributed by atoms with E-state index in [0.29, 0.717) is 30.3 Å². The molecular formula is C15H21ClN2O3S. The van der Waals surface area contributed by atoms with Gasteiger partial charge in [-0.25, -0.2) is 8.42 Å². The number of likely N-dealkylation sites (N-methyl/N-ethyl adjacent to an activating group) is 1. The summed E-state index contributed by atoms with van der Waals surface area (Å²) in [4.78, 5) is 0.269. The Morgan fingerprint density at radius 2 is 2.18 bits per heavy atom. The van der Waals surface area contributed by atoms with E-state index in [-0.39, 0.29) is 17.0 Å². The molecule has 0 saturated carbocycles. The maximum atomic E-state index is 12.9. The minimum absolute atomic E-state index is 0.0362. The van der Waals surface area contributed by atoms with Crippen LogP contribution in [0.3, 0.4) is 0 Å². The minimum Gasteiger partial charge on any atom is -0.489 e. The number of hydrogen-bond acceptors (Lipinski definition) is 4. The van der Waals surface area contributed by atoms with E-state index in [1.165, 1.54) is 6.07 Å². The molecule has 5 nitrogen and oxygen atoms in total. The molecule has 0 aliphatic carbocycles. The Morgan fingerprint density at radius 3 is 2.91 bits per heavy atom. The third kappa shape index (κ3) is 2.85. The summed E-state index contributed by atoms with van der Waals surface area (Å²) in [7, 11) is -1.65. The van der Waals surface area contributed by atoms with Gasteiger partial charge >= 0.3 is 0 Å². The van der Waals surface area contributed by atoms with Crippen molar-refractivity contribution >= 4 is 21.6 Å². The number of sulfonamides is 1. The lowest BCUT2D eigenvalue weighted by Crippen LogP contribution is -2.46. The summed E-state index contributed by atoms with van der Waals surface area (Å²) < 4.78 is 32.9. The minimum atomic E-state index is -3.51. The SMILES string of the molecule is CNC1CCCN(S(=O)(=O)c2cc(Cl)c3c(c2)CC(C)O3)C1. The number of hydrogen-bond donors (Lipinski definition) is 1. The molecule has 0 aromatic heterocycles. The van der Waals surface area contributed by atoms with Crippen LogP contribution < -0.4 is 10.1 Å². The second-order valence-corrected chi connectivity index (χ2v) is 8.36. The van der Waals surface area contributed by atoms with Crippen LogP contribution in [0.4, 0.5) is 0 Å². The van der Waals surface area contributed by atoms with Crippen LogP contribution in [0.15, 0.2) is 17.0 Å². The number of piperidine rings is 1. The average Bonchev–Trinajstić information content (AvgIpc) is 2.88. The number of nitrogens with zero attached hydrogens (tertiary/aromatic N) is 1. The Kier molecular flexibility index (Phi) is 4.38. The molecule has 1 saturated heterocycles. The van der Waals surface area contributed by atoms with Crippen LogP contribution in [-0.4, -0.2) is 45.0 Å². The number of fused-ring (bicyclic) bond motifs is 1. The van der Waals surface area contributed by atoms with E-state index in [1.54, 1.807) is 10.4 Å². The van der Waals surface area contributed by atoms with Crippen LogP contribution in [-0.2, 0) is 16.4 Å². The first kappa shape index (κ1) is 16.1. The van der Waals surface area contributed by atoms with Gasteiger partial charge < -0.3 is 10.1 Å². The van der Waals surface area contributed by atoms with Crippen molar-refractivity contribution in [3.05, 3.63) is 22.7 Å². The molecule has 1 fully saturated rings. The summed E-state index contributed by atoms with van der Waals surface area (Å²) in [5.41, 5.74) is 0.876. The Labute approximate surface area is 136 Å². The standard InChI is InChI=1S/C15H21ClN2O3S/c1-10-6-11-7-13(8-14(16)15(11)21-10)22(19,20)18-5-3-4-12(9-18)17-2/h7-8,10,12,17H,3-6,9H2,1-2H3. The molecule has 7 heteroatoms. The van der Waals surface area contributed by atoms with Crippen molar-refractivity contribution in [3.63, 3.8) is 0 Å². The summed E-state index contributed by atoms with van der Waals surface area (Å²) in [6, 6.07) is 3.43. The zero-order valence-corrected chi connectivity index (χ0v) is 14.4. The van der Waals surface area contributed by atoms with Crippen LogP contribution in [0.2, 0.25) is 5.02 Å². The molecule has 1 N–H and O–H groups in total. The van der Waals surface area contributed by atoms with Gasteiger partial charge in [0, 0.05) is 31.1 Å². The van der Waals surface area contributed by atoms with Crippen LogP contribution in [0.5, 0.6) is 5.75 Å². The number of nitrogens with one attached hydrogen (secondary N) is 1. The first-order valence-corrected chi connectivity index (χ1v) is 9.40. The smallest absolute Gasteiger partial charge is 0.243 e. The highest BCUT2D eigenvalue weighted by atomic mass is 35.5. The lowest BCUT2D eigenvalue weighted by molar-refractivity contribution is 0.255. The fraction of sp³-hybridized carbons (Fsp3) is 0.600. The van der Waals surface area contributed by atoms with Gasteiger partial charge in [-0.15, -0.1) is 0 Å². The van der Waals surface area contributed by atoms with Gasteiger partial charge in [-0.2, -0.15) is 4.31 Å². The van der Waals surface area contributed by atoms with E-state index in [0.717, 1.165) is 18.4 Å². The van der Waals surface area contributed by atoms with Gasteiger partial charge in [0.1, 0.15) is 11.9 Å². The zero-order chi connectivity index (χ0) is 15.9. The number of benzene rings is 1. The molecule has 2 unspecified atom stereocenters. The van der Waals surface area contributed by atoms with Crippen LogP contribution in [0.1, 0.15) is 25.3 Å². The maximum Gasteiger partial charge on any atom is 0.243 e. The summed E-state index contributed by atoms with van der Waals surface area (Å²) >= 11 is 6.22. The first-order valence-electron chi connectivity index (χ1n) is 7.58. The lowest BCUT2D eigenvalue weighted by Gasteiger charge is -2.31. The van der Waals surface area contributed by atoms with Gasteiger partial charge in [-0.1, -0.05) is 11.6 Å². The molecule has 3 rings (SSSR count). The highest BCUT2D eigenvalue weighted by molar-refractivity contribution is 7.89. The second kappa shape index (κ2) is 6.00. The summed E-state index contributed by atoms with van der Waals surface area (Å²) in [5.74, 6) is 0.625. The second-order valence-electron chi connectivity index (χ2n) is 6.02. The molecule has 0 radical (unpaired) electrons. The summed E-state index contributed by atoms with van der Waals surface area (Å²) in [6.07, 6.45) is 2.59. The lowest BCUT2D eigenvalue weighted by atomic mass is 10.1. The molecule has 2 aliphatic rings. The third-order valence-electron chi connectivity index (χ3n) is 4.35. The van der Waals surface area contributed by atoms with Gasteiger partial charge in [0.15, 0.2) is 0 Å². The molecule has 2 aliphatic heterocycles. The van der Waals surface area contributed by atoms with E-state index >= 15 is 0 Å². The van der Waals surface area contributed by atoms with E-state index in [1.807, 2.05) is 14.0 Å². The monoisotopic (exact) mass is 344 g/mol. The quantitative estimate of drug-likeness (QED) is 0.911. The fourth-order valence-electron chi connectivity index (χ4n) is 3.15. The Balaban J connectivity index is 1.93. The first-order chi connectivity index (χ1) is 10.4. The van der Waals surface area contributed by atoms with Crippen molar-refractivity contribution in [1.29, 1.82) is 0 Å². The van der Waals surface area contributed by atoms with Gasteiger partial charge in [0.25, 0.3) is 0 Å². The zero-order valence-electron chi connectivity index (χ0n) is 12.8. The molecule has 0 amide bonds. The Morgan fingerprint density at radius 1 is 1.41 bits per heavy atom. The molecule has 2 heterocycles. The third-order valence-corrected chi connectivity index (χ3v) is 6.47. The van der Waals surface area contributed by atoms with Crippen molar-refractivity contribution in [3.8, 4) is 5.75 Å². The maximum absolute atomic E-state index is 12.9. The molecule has 0 spiro atoms. The average molecular weight is 345 g/mol. The predicted octanol–water partition coefficient (Wildman–Crippen LogP) is 2.04. The Hall–Kier alpha value is -0.820. The van der Waals surface area contributed by atoms with Gasteiger partial charge in [-0.05, 0) is 38.9 Å². The Bertz CT molecular complexity index is 678. The van der Waals surface area contributed by atoms with Crippen LogP contribution >= 0.6 is 11.6 Å². The molecule has 22 heavy (non-hydrogen) atoms. The van der Waals surface area contributed by atoms with Gasteiger partial charge in [0.05, 0.1) is 9.92 Å². The van der Waals surface area contributed by atoms with Crippen molar-refractivity contribution in [2.75, 3.05) is 20.1 Å². The predicted molar refractivity (Wildman–Crippen MR) is 86.1 cm³/mol. The number of halogens is 1. The van der Waals surface area contributed by atoms with Crippen molar-refractivity contribution < 1.29 is 13.2 Å². The number of rotatable bonds is 3.